The number of rotatable bonds is 7. The van der Waals surface area contributed by atoms with Crippen LogP contribution in [-0.4, -0.2) is 29.2 Å². The molecule has 0 aliphatic carbocycles. The number of aliphatic carboxylic acids is 1. The van der Waals surface area contributed by atoms with E-state index < -0.39 is 18.0 Å². The van der Waals surface area contributed by atoms with Crippen molar-refractivity contribution in [2.24, 2.45) is 0 Å². The van der Waals surface area contributed by atoms with Gasteiger partial charge in [-0.15, -0.1) is 0 Å². The van der Waals surface area contributed by atoms with Gasteiger partial charge in [-0.2, -0.15) is 11.3 Å². The summed E-state index contributed by atoms with van der Waals surface area (Å²) in [5.41, 5.74) is 1.17. The van der Waals surface area contributed by atoms with Crippen molar-refractivity contribution in [2.75, 3.05) is 0 Å². The fourth-order valence-corrected chi connectivity index (χ4v) is 2.46. The molecule has 0 saturated carbocycles. The van der Waals surface area contributed by atoms with Gasteiger partial charge in [-0.25, -0.2) is 9.59 Å². The molecule has 1 rings (SSSR count). The van der Waals surface area contributed by atoms with Crippen LogP contribution in [-0.2, 0) is 11.2 Å². The summed E-state index contributed by atoms with van der Waals surface area (Å²) in [5.74, 6) is -0.998. The predicted octanol–water partition coefficient (Wildman–Crippen LogP) is 2.23. The van der Waals surface area contributed by atoms with Crippen LogP contribution in [0.5, 0.6) is 0 Å². The molecule has 0 fully saturated rings. The van der Waals surface area contributed by atoms with Gasteiger partial charge in [-0.3, -0.25) is 0 Å². The lowest BCUT2D eigenvalue weighted by Crippen LogP contribution is -2.48. The Balaban J connectivity index is 2.38. The maximum Gasteiger partial charge on any atom is 0.326 e. The summed E-state index contributed by atoms with van der Waals surface area (Å²) in [7, 11) is 0. The Morgan fingerprint density at radius 2 is 2.16 bits per heavy atom. The second-order valence-corrected chi connectivity index (χ2v) is 5.31. The van der Waals surface area contributed by atoms with Crippen molar-refractivity contribution in [1.82, 2.24) is 10.6 Å². The van der Waals surface area contributed by atoms with E-state index in [4.69, 9.17) is 5.11 Å². The van der Waals surface area contributed by atoms with E-state index >= 15 is 0 Å². The van der Waals surface area contributed by atoms with Crippen molar-refractivity contribution in [3.05, 3.63) is 22.4 Å². The molecule has 0 spiro atoms. The van der Waals surface area contributed by atoms with Gasteiger partial charge in [-0.1, -0.05) is 13.3 Å². The topological polar surface area (TPSA) is 78.4 Å². The van der Waals surface area contributed by atoms with E-state index in [1.54, 1.807) is 11.3 Å². The van der Waals surface area contributed by atoms with Crippen molar-refractivity contribution >= 4 is 23.3 Å². The van der Waals surface area contributed by atoms with Crippen LogP contribution in [0.4, 0.5) is 4.79 Å². The van der Waals surface area contributed by atoms with Crippen LogP contribution in [0.15, 0.2) is 16.8 Å². The van der Waals surface area contributed by atoms with Crippen LogP contribution in [0.2, 0.25) is 0 Å². The minimum atomic E-state index is -0.998. The molecule has 1 heterocycles. The molecule has 2 amide bonds. The van der Waals surface area contributed by atoms with Gasteiger partial charge in [0.2, 0.25) is 0 Å². The Labute approximate surface area is 117 Å². The summed E-state index contributed by atoms with van der Waals surface area (Å²) < 4.78 is 0. The highest BCUT2D eigenvalue weighted by Crippen LogP contribution is 2.08. The first kappa shape index (κ1) is 15.5. The van der Waals surface area contributed by atoms with Crippen LogP contribution in [0, 0.1) is 0 Å². The molecule has 6 heteroatoms. The van der Waals surface area contributed by atoms with E-state index in [9.17, 15) is 9.59 Å². The first-order valence-electron chi connectivity index (χ1n) is 6.33. The average molecular weight is 284 g/mol. The first-order valence-corrected chi connectivity index (χ1v) is 7.28. The Hall–Kier alpha value is -1.56. The fourth-order valence-electron chi connectivity index (χ4n) is 1.78. The molecule has 5 nitrogen and oxygen atoms in total. The Morgan fingerprint density at radius 1 is 1.42 bits per heavy atom. The normalized spacial score (nSPS) is 13.6. The fraction of sp³-hybridized carbons (Fsp3) is 0.538. The molecule has 1 aromatic rings. The highest BCUT2D eigenvalue weighted by atomic mass is 32.1. The largest absolute Gasteiger partial charge is 0.480 e. The number of nitrogens with one attached hydrogen (secondary N) is 2. The Bertz CT molecular complexity index is 406. The predicted molar refractivity (Wildman–Crippen MR) is 75.5 cm³/mol. The van der Waals surface area contributed by atoms with Gasteiger partial charge in [0.25, 0.3) is 0 Å². The number of carboxylic acid groups (broad SMARTS) is 1. The lowest BCUT2D eigenvalue weighted by molar-refractivity contribution is -0.139. The third-order valence-corrected chi connectivity index (χ3v) is 3.41. The number of carbonyl (C=O) groups is 2. The van der Waals surface area contributed by atoms with Gasteiger partial charge in [-0.05, 0) is 42.2 Å². The van der Waals surface area contributed by atoms with E-state index in [1.807, 2.05) is 30.7 Å². The van der Waals surface area contributed by atoms with Crippen LogP contribution >= 0.6 is 11.3 Å². The average Bonchev–Trinajstić information content (AvgIpc) is 2.80. The van der Waals surface area contributed by atoms with Crippen molar-refractivity contribution in [1.29, 1.82) is 0 Å². The SMILES string of the molecule is CCC[C@H](NC(=O)NC(C)Cc1ccsc1)C(=O)O. The molecule has 106 valence electrons. The lowest BCUT2D eigenvalue weighted by Gasteiger charge is -2.17. The van der Waals surface area contributed by atoms with Crippen molar-refractivity contribution in [3.8, 4) is 0 Å². The summed E-state index contributed by atoms with van der Waals surface area (Å²) in [6.45, 7) is 3.78. The molecule has 0 aliphatic heterocycles. The molecule has 1 aromatic heterocycles. The minimum Gasteiger partial charge on any atom is -0.480 e. The summed E-state index contributed by atoms with van der Waals surface area (Å²) in [6, 6.07) is 0.727. The van der Waals surface area contributed by atoms with Gasteiger partial charge in [0.05, 0.1) is 0 Å². The Kier molecular flexibility index (Phi) is 6.35. The second kappa shape index (κ2) is 7.78. The first-order chi connectivity index (χ1) is 9.02. The number of hydrogen-bond acceptors (Lipinski definition) is 3. The number of carboxylic acids is 1. The molecule has 0 saturated heterocycles. The van der Waals surface area contributed by atoms with E-state index in [0.29, 0.717) is 12.8 Å². The molecule has 1 unspecified atom stereocenters. The number of hydrogen-bond donors (Lipinski definition) is 3. The summed E-state index contributed by atoms with van der Waals surface area (Å²) >= 11 is 1.62. The molecule has 0 bridgehead atoms. The maximum atomic E-state index is 11.7. The summed E-state index contributed by atoms with van der Waals surface area (Å²) in [5, 5.41) is 18.2. The van der Waals surface area contributed by atoms with Gasteiger partial charge in [0.1, 0.15) is 6.04 Å². The van der Waals surface area contributed by atoms with E-state index in [-0.39, 0.29) is 6.04 Å². The molecule has 0 aliphatic rings. The highest BCUT2D eigenvalue weighted by molar-refractivity contribution is 7.07. The molecule has 0 aromatic carbocycles. The van der Waals surface area contributed by atoms with E-state index in [0.717, 1.165) is 6.42 Å². The molecule has 3 N–H and O–H groups in total. The quantitative estimate of drug-likeness (QED) is 0.718. The zero-order valence-corrected chi connectivity index (χ0v) is 12.0. The van der Waals surface area contributed by atoms with Gasteiger partial charge in [0, 0.05) is 6.04 Å². The minimum absolute atomic E-state index is 0.0364. The van der Waals surface area contributed by atoms with Gasteiger partial charge in [0.15, 0.2) is 0 Å². The third kappa shape index (κ3) is 5.74. The van der Waals surface area contributed by atoms with Crippen molar-refractivity contribution < 1.29 is 14.7 Å². The van der Waals surface area contributed by atoms with Crippen LogP contribution < -0.4 is 10.6 Å². The molecule has 0 radical (unpaired) electrons. The monoisotopic (exact) mass is 284 g/mol. The smallest absolute Gasteiger partial charge is 0.326 e. The number of thiophene rings is 1. The van der Waals surface area contributed by atoms with Crippen LogP contribution in [0.1, 0.15) is 32.3 Å². The molecular formula is C13H20N2O3S. The second-order valence-electron chi connectivity index (χ2n) is 4.53. The van der Waals surface area contributed by atoms with Crippen molar-refractivity contribution in [2.45, 2.75) is 45.2 Å². The van der Waals surface area contributed by atoms with E-state index in [1.165, 1.54) is 5.56 Å². The number of amides is 2. The lowest BCUT2D eigenvalue weighted by atomic mass is 10.1. The van der Waals surface area contributed by atoms with E-state index in [2.05, 4.69) is 10.6 Å². The standard InChI is InChI=1S/C13H20N2O3S/c1-3-4-11(12(16)17)15-13(18)14-9(2)7-10-5-6-19-8-10/h5-6,8-9,11H,3-4,7H2,1-2H3,(H,16,17)(H2,14,15,18)/t9?,11-/m0/s1. The van der Waals surface area contributed by atoms with Crippen molar-refractivity contribution in [3.63, 3.8) is 0 Å². The third-order valence-electron chi connectivity index (χ3n) is 2.68. The summed E-state index contributed by atoms with van der Waals surface area (Å²) in [4.78, 5) is 22.6. The van der Waals surface area contributed by atoms with Gasteiger partial charge >= 0.3 is 12.0 Å². The van der Waals surface area contributed by atoms with Gasteiger partial charge < -0.3 is 15.7 Å². The zero-order chi connectivity index (χ0) is 14.3. The zero-order valence-electron chi connectivity index (χ0n) is 11.2. The maximum absolute atomic E-state index is 11.7. The van der Waals surface area contributed by atoms with Crippen LogP contribution in [0.25, 0.3) is 0 Å². The molecular weight excluding hydrogens is 264 g/mol. The van der Waals surface area contributed by atoms with Crippen LogP contribution in [0.3, 0.4) is 0 Å². The highest BCUT2D eigenvalue weighted by Gasteiger charge is 2.19. The summed E-state index contributed by atoms with van der Waals surface area (Å²) in [6.07, 6.45) is 1.88. The number of urea groups is 1. The number of carbonyl (C=O) groups excluding carboxylic acids is 1. The molecule has 19 heavy (non-hydrogen) atoms. The Morgan fingerprint density at radius 3 is 2.68 bits per heavy atom. The molecule has 2 atom stereocenters.